The van der Waals surface area contributed by atoms with E-state index in [0.717, 1.165) is 12.0 Å². The van der Waals surface area contributed by atoms with Crippen LogP contribution in [0.2, 0.25) is 0 Å². The average molecular weight is 204 g/mol. The van der Waals surface area contributed by atoms with E-state index in [1.807, 2.05) is 0 Å². The third-order valence-corrected chi connectivity index (χ3v) is 1.90. The third-order valence-electron chi connectivity index (χ3n) is 1.90. The highest BCUT2D eigenvalue weighted by Crippen LogP contribution is 2.08. The number of fused-ring (bicyclic) bond motifs is 1. The number of oxime groups is 1. The molecule has 0 aliphatic heterocycles. The Morgan fingerprint density at radius 3 is 3.20 bits per heavy atom. The molecule has 1 heterocycles. The molecule has 76 valence electrons. The maximum Gasteiger partial charge on any atom is 0.346 e. The van der Waals surface area contributed by atoms with Crippen molar-refractivity contribution < 1.29 is 9.25 Å². The lowest BCUT2D eigenvalue weighted by atomic mass is 10.2. The second-order valence-electron chi connectivity index (χ2n) is 2.83. The Morgan fingerprint density at radius 2 is 2.40 bits per heavy atom. The quantitative estimate of drug-likeness (QED) is 0.544. The van der Waals surface area contributed by atoms with Crippen molar-refractivity contribution in [3.63, 3.8) is 0 Å². The van der Waals surface area contributed by atoms with Gasteiger partial charge in [0.1, 0.15) is 7.11 Å². The number of hydrogen-bond acceptors (Lipinski definition) is 5. The van der Waals surface area contributed by atoms with Crippen molar-refractivity contribution in [1.29, 1.82) is 0 Å². The number of rotatable bonds is 2. The Hall–Kier alpha value is -2.17. The van der Waals surface area contributed by atoms with Crippen LogP contribution < -0.4 is 5.63 Å². The number of aromatic nitrogens is 1. The Labute approximate surface area is 85.0 Å². The Morgan fingerprint density at radius 1 is 1.53 bits per heavy atom. The highest BCUT2D eigenvalue weighted by Gasteiger charge is 2.00. The largest absolute Gasteiger partial charge is 0.411 e. The Balaban J connectivity index is 2.60. The fraction of sp³-hybridized carbons (Fsp3) is 0.100. The molecule has 2 rings (SSSR count). The normalized spacial score (nSPS) is 11.0. The van der Waals surface area contributed by atoms with E-state index < -0.39 is 5.63 Å². The van der Waals surface area contributed by atoms with Gasteiger partial charge in [-0.2, -0.15) is 0 Å². The van der Waals surface area contributed by atoms with Crippen molar-refractivity contribution >= 4 is 17.1 Å². The molecule has 0 amide bonds. The molecular formula is C10H8N2O3. The van der Waals surface area contributed by atoms with E-state index in [9.17, 15) is 4.79 Å². The van der Waals surface area contributed by atoms with E-state index in [0.29, 0.717) is 10.9 Å². The first-order valence-electron chi connectivity index (χ1n) is 4.25. The molecule has 1 aromatic heterocycles. The van der Waals surface area contributed by atoms with E-state index in [2.05, 4.69) is 19.4 Å². The topological polar surface area (TPSA) is 64.7 Å². The molecule has 5 nitrogen and oxygen atoms in total. The van der Waals surface area contributed by atoms with Gasteiger partial charge >= 0.3 is 5.63 Å². The van der Waals surface area contributed by atoms with Crippen LogP contribution in [-0.2, 0) is 4.84 Å². The number of hydrogen-bond donors (Lipinski definition) is 0. The van der Waals surface area contributed by atoms with Gasteiger partial charge in [-0.25, -0.2) is 9.78 Å². The van der Waals surface area contributed by atoms with Gasteiger partial charge in [0.25, 0.3) is 0 Å². The first-order chi connectivity index (χ1) is 7.31. The molecule has 0 saturated heterocycles. The zero-order chi connectivity index (χ0) is 10.7. The van der Waals surface area contributed by atoms with Crippen molar-refractivity contribution in [2.45, 2.75) is 0 Å². The SMILES string of the molecule is CON=Cc1ccc2ncoc(=O)c2c1. The van der Waals surface area contributed by atoms with Gasteiger partial charge in [0, 0.05) is 0 Å². The van der Waals surface area contributed by atoms with E-state index >= 15 is 0 Å². The zero-order valence-corrected chi connectivity index (χ0v) is 8.01. The molecule has 0 saturated carbocycles. The molecule has 0 aliphatic rings. The van der Waals surface area contributed by atoms with Crippen molar-refractivity contribution in [1.82, 2.24) is 4.98 Å². The minimum atomic E-state index is -0.410. The van der Waals surface area contributed by atoms with Gasteiger partial charge in [-0.3, -0.25) is 0 Å². The van der Waals surface area contributed by atoms with Gasteiger partial charge in [-0.15, -0.1) is 0 Å². The lowest BCUT2D eigenvalue weighted by molar-refractivity contribution is 0.215. The molecule has 0 aliphatic carbocycles. The molecule has 0 spiro atoms. The van der Waals surface area contributed by atoms with E-state index in [-0.39, 0.29) is 0 Å². The van der Waals surface area contributed by atoms with E-state index in [1.165, 1.54) is 13.3 Å². The highest BCUT2D eigenvalue weighted by molar-refractivity contribution is 5.87. The number of nitrogens with zero attached hydrogens (tertiary/aromatic N) is 2. The van der Waals surface area contributed by atoms with Crippen LogP contribution in [0.3, 0.4) is 0 Å². The van der Waals surface area contributed by atoms with E-state index in [4.69, 9.17) is 0 Å². The van der Waals surface area contributed by atoms with Gasteiger partial charge in [-0.05, 0) is 17.7 Å². The second kappa shape index (κ2) is 3.91. The summed E-state index contributed by atoms with van der Waals surface area (Å²) in [6, 6.07) is 5.16. The van der Waals surface area contributed by atoms with Crippen LogP contribution in [0.5, 0.6) is 0 Å². The lowest BCUT2D eigenvalue weighted by Gasteiger charge is -1.95. The minimum absolute atomic E-state index is 0.410. The fourth-order valence-electron chi connectivity index (χ4n) is 1.22. The summed E-state index contributed by atoms with van der Waals surface area (Å²) in [6.07, 6.45) is 2.64. The van der Waals surface area contributed by atoms with Gasteiger partial charge in [0.2, 0.25) is 0 Å². The van der Waals surface area contributed by atoms with E-state index in [1.54, 1.807) is 18.2 Å². The number of benzene rings is 1. The molecule has 0 fully saturated rings. The van der Waals surface area contributed by atoms with Crippen LogP contribution in [0.1, 0.15) is 5.56 Å². The second-order valence-corrected chi connectivity index (χ2v) is 2.83. The molecule has 0 bridgehead atoms. The molecular weight excluding hydrogens is 196 g/mol. The summed E-state index contributed by atoms with van der Waals surface area (Å²) in [5.41, 5.74) is 0.943. The first-order valence-corrected chi connectivity index (χ1v) is 4.25. The highest BCUT2D eigenvalue weighted by atomic mass is 16.6. The summed E-state index contributed by atoms with van der Waals surface area (Å²) in [6.45, 7) is 0. The van der Waals surface area contributed by atoms with Crippen LogP contribution in [0, 0.1) is 0 Å². The standard InChI is InChI=1S/C10H8N2O3/c1-14-12-5-7-2-3-9-8(4-7)10(13)15-6-11-9/h2-6H,1H3. The average Bonchev–Trinajstić information content (AvgIpc) is 2.27. The third kappa shape index (κ3) is 1.85. The molecule has 0 unspecified atom stereocenters. The first kappa shape index (κ1) is 9.39. The summed E-state index contributed by atoms with van der Waals surface area (Å²) >= 11 is 0. The molecule has 0 N–H and O–H groups in total. The molecule has 2 aromatic rings. The van der Waals surface area contributed by atoms with Gasteiger partial charge < -0.3 is 9.25 Å². The van der Waals surface area contributed by atoms with Crippen molar-refractivity contribution in [3.8, 4) is 0 Å². The van der Waals surface area contributed by atoms with Crippen molar-refractivity contribution in [3.05, 3.63) is 40.6 Å². The van der Waals surface area contributed by atoms with Gasteiger partial charge in [0.05, 0.1) is 17.1 Å². The van der Waals surface area contributed by atoms with Crippen LogP contribution >= 0.6 is 0 Å². The van der Waals surface area contributed by atoms with Crippen LogP contribution in [0.15, 0.2) is 39.0 Å². The lowest BCUT2D eigenvalue weighted by Crippen LogP contribution is -2.00. The minimum Gasteiger partial charge on any atom is -0.411 e. The van der Waals surface area contributed by atoms with Gasteiger partial charge in [-0.1, -0.05) is 11.2 Å². The fourth-order valence-corrected chi connectivity index (χ4v) is 1.22. The predicted octanol–water partition coefficient (Wildman–Crippen LogP) is 1.17. The summed E-state index contributed by atoms with van der Waals surface area (Å²) in [7, 11) is 1.45. The molecule has 15 heavy (non-hydrogen) atoms. The molecule has 0 atom stereocenters. The predicted molar refractivity (Wildman–Crippen MR) is 54.9 cm³/mol. The molecule has 0 radical (unpaired) electrons. The summed E-state index contributed by atoms with van der Waals surface area (Å²) in [4.78, 5) is 19.8. The van der Waals surface area contributed by atoms with Crippen LogP contribution in [-0.4, -0.2) is 18.3 Å². The Bertz CT molecular complexity index is 560. The maximum absolute atomic E-state index is 11.3. The summed E-state index contributed by atoms with van der Waals surface area (Å²) < 4.78 is 4.66. The zero-order valence-electron chi connectivity index (χ0n) is 8.01. The molecule has 5 heteroatoms. The molecule has 1 aromatic carbocycles. The monoisotopic (exact) mass is 204 g/mol. The van der Waals surface area contributed by atoms with Crippen LogP contribution in [0.4, 0.5) is 0 Å². The van der Waals surface area contributed by atoms with Crippen molar-refractivity contribution in [2.75, 3.05) is 7.11 Å². The maximum atomic E-state index is 11.3. The summed E-state index contributed by atoms with van der Waals surface area (Å²) in [5, 5.41) is 4.03. The van der Waals surface area contributed by atoms with Gasteiger partial charge in [0.15, 0.2) is 6.39 Å². The van der Waals surface area contributed by atoms with Crippen molar-refractivity contribution in [2.24, 2.45) is 5.16 Å². The summed E-state index contributed by atoms with van der Waals surface area (Å²) in [5.74, 6) is 0. The van der Waals surface area contributed by atoms with Crippen LogP contribution in [0.25, 0.3) is 10.9 Å². The smallest absolute Gasteiger partial charge is 0.346 e. The Kier molecular flexibility index (Phi) is 2.45.